The van der Waals surface area contributed by atoms with Gasteiger partial charge in [0.15, 0.2) is 0 Å². The van der Waals surface area contributed by atoms with Crippen molar-refractivity contribution < 1.29 is 4.79 Å². The highest BCUT2D eigenvalue weighted by molar-refractivity contribution is 5.95. The van der Waals surface area contributed by atoms with Gasteiger partial charge in [-0.15, -0.1) is 0 Å². The number of amides is 1. The number of carbonyl (C=O) groups excluding carboxylic acids is 1. The Kier molecular flexibility index (Phi) is 3.88. The van der Waals surface area contributed by atoms with Crippen molar-refractivity contribution in [1.82, 2.24) is 14.9 Å². The van der Waals surface area contributed by atoms with E-state index < -0.39 is 0 Å². The normalized spacial score (nSPS) is 24.5. The molecule has 0 saturated carbocycles. The lowest BCUT2D eigenvalue weighted by atomic mass is 9.94. The van der Waals surface area contributed by atoms with Crippen LogP contribution in [0.5, 0.6) is 0 Å². The molecule has 4 aliphatic rings. The lowest BCUT2D eigenvalue weighted by Crippen LogP contribution is -2.47. The number of hydrogen-bond acceptors (Lipinski definition) is 4. The molecule has 5 nitrogen and oxygen atoms in total. The van der Waals surface area contributed by atoms with Crippen LogP contribution in [0.1, 0.15) is 40.7 Å². The fraction of sp³-hybridized carbons (Fsp3) is 0.476. The summed E-state index contributed by atoms with van der Waals surface area (Å²) in [6.07, 6.45) is 9.33. The van der Waals surface area contributed by atoms with Crippen LogP contribution in [0, 0.1) is 5.92 Å². The molecule has 26 heavy (non-hydrogen) atoms. The molecule has 2 atom stereocenters. The van der Waals surface area contributed by atoms with E-state index in [4.69, 9.17) is 0 Å². The summed E-state index contributed by atoms with van der Waals surface area (Å²) in [5, 5.41) is 0. The Bertz CT molecular complexity index is 822. The van der Waals surface area contributed by atoms with Crippen molar-refractivity contribution >= 4 is 11.9 Å². The van der Waals surface area contributed by atoms with Crippen LogP contribution in [0.2, 0.25) is 0 Å². The monoisotopic (exact) mass is 348 g/mol. The summed E-state index contributed by atoms with van der Waals surface area (Å²) in [4.78, 5) is 26.5. The molecule has 0 spiro atoms. The maximum Gasteiger partial charge on any atom is 0.254 e. The smallest absolute Gasteiger partial charge is 0.254 e. The number of hydrogen-bond donors (Lipinski definition) is 0. The first-order valence-electron chi connectivity index (χ1n) is 9.72. The van der Waals surface area contributed by atoms with Gasteiger partial charge in [0.1, 0.15) is 0 Å². The summed E-state index contributed by atoms with van der Waals surface area (Å²) in [6.45, 7) is 2.62. The number of carbonyl (C=O) groups is 1. The average Bonchev–Trinajstić information content (AvgIpc) is 2.97. The zero-order valence-corrected chi connectivity index (χ0v) is 15.0. The summed E-state index contributed by atoms with van der Waals surface area (Å²) >= 11 is 0. The molecule has 134 valence electrons. The SMILES string of the molecule is O=C(c1ccc2c(c1)CCC2)N1CC2CCC1CN(c1ncccn1)C2. The number of benzene rings is 1. The van der Waals surface area contributed by atoms with Crippen molar-refractivity contribution in [3.63, 3.8) is 0 Å². The Labute approximate surface area is 154 Å². The first-order valence-corrected chi connectivity index (χ1v) is 9.72. The summed E-state index contributed by atoms with van der Waals surface area (Å²) in [7, 11) is 0. The highest BCUT2D eigenvalue weighted by atomic mass is 16.2. The van der Waals surface area contributed by atoms with Crippen LogP contribution in [-0.2, 0) is 12.8 Å². The van der Waals surface area contributed by atoms with Gasteiger partial charge >= 0.3 is 0 Å². The Hall–Kier alpha value is -2.43. The van der Waals surface area contributed by atoms with E-state index in [0.717, 1.165) is 50.4 Å². The van der Waals surface area contributed by atoms with Gasteiger partial charge in [-0.2, -0.15) is 0 Å². The second kappa shape index (κ2) is 6.38. The highest BCUT2D eigenvalue weighted by Gasteiger charge is 2.38. The molecule has 0 N–H and O–H groups in total. The quantitative estimate of drug-likeness (QED) is 0.837. The van der Waals surface area contributed by atoms with Crippen molar-refractivity contribution in [2.45, 2.75) is 38.1 Å². The van der Waals surface area contributed by atoms with Crippen molar-refractivity contribution in [1.29, 1.82) is 0 Å². The van der Waals surface area contributed by atoms with Gasteiger partial charge in [0.25, 0.3) is 5.91 Å². The second-order valence-corrected chi connectivity index (χ2v) is 7.85. The van der Waals surface area contributed by atoms with Crippen LogP contribution < -0.4 is 4.90 Å². The van der Waals surface area contributed by atoms with E-state index in [1.807, 2.05) is 12.1 Å². The number of fused-ring (bicyclic) bond motifs is 5. The van der Waals surface area contributed by atoms with Gasteiger partial charge in [-0.25, -0.2) is 9.97 Å². The molecule has 2 aromatic rings. The molecule has 1 amide bonds. The van der Waals surface area contributed by atoms with Crippen LogP contribution in [0.25, 0.3) is 0 Å². The van der Waals surface area contributed by atoms with Gasteiger partial charge in [-0.05, 0) is 67.3 Å². The van der Waals surface area contributed by atoms with E-state index in [2.05, 4.69) is 31.9 Å². The molecule has 0 radical (unpaired) electrons. The van der Waals surface area contributed by atoms with Crippen LogP contribution >= 0.6 is 0 Å². The van der Waals surface area contributed by atoms with Crippen LogP contribution in [0.15, 0.2) is 36.7 Å². The van der Waals surface area contributed by atoms with Crippen molar-refractivity contribution in [3.8, 4) is 0 Å². The van der Waals surface area contributed by atoms with Crippen LogP contribution in [-0.4, -0.2) is 46.5 Å². The standard InChI is InChI=1S/C21H24N4O/c26-20(18-7-6-16-3-1-4-17(16)11-18)25-13-15-5-8-19(25)14-24(12-15)21-22-9-2-10-23-21/h2,6-7,9-11,15,19H,1,3-5,8,12-14H2. The van der Waals surface area contributed by atoms with E-state index in [1.165, 1.54) is 24.0 Å². The molecule has 1 aliphatic carbocycles. The number of piperidine rings is 1. The minimum absolute atomic E-state index is 0.199. The Morgan fingerprint density at radius 2 is 1.85 bits per heavy atom. The third kappa shape index (κ3) is 2.75. The molecular formula is C21H24N4O. The molecule has 2 unspecified atom stereocenters. The van der Waals surface area contributed by atoms with E-state index in [-0.39, 0.29) is 11.9 Å². The fourth-order valence-electron chi connectivity index (χ4n) is 4.82. The largest absolute Gasteiger partial charge is 0.338 e. The summed E-state index contributed by atoms with van der Waals surface area (Å²) in [5.74, 6) is 1.48. The number of anilines is 1. The van der Waals surface area contributed by atoms with Gasteiger partial charge in [0.2, 0.25) is 5.95 Å². The number of rotatable bonds is 2. The molecule has 3 fully saturated rings. The Morgan fingerprint density at radius 1 is 1.00 bits per heavy atom. The van der Waals surface area contributed by atoms with E-state index in [9.17, 15) is 4.79 Å². The highest BCUT2D eigenvalue weighted by Crippen LogP contribution is 2.31. The van der Waals surface area contributed by atoms with E-state index in [1.54, 1.807) is 12.4 Å². The zero-order valence-electron chi connectivity index (χ0n) is 15.0. The van der Waals surface area contributed by atoms with Crippen LogP contribution in [0.3, 0.4) is 0 Å². The molecule has 1 aromatic carbocycles. The molecule has 3 saturated heterocycles. The predicted molar refractivity (Wildman–Crippen MR) is 100 cm³/mol. The van der Waals surface area contributed by atoms with Gasteiger partial charge < -0.3 is 9.80 Å². The number of aryl methyl sites for hydroxylation is 2. The lowest BCUT2D eigenvalue weighted by molar-refractivity contribution is 0.0592. The van der Waals surface area contributed by atoms with Crippen LogP contribution in [0.4, 0.5) is 5.95 Å². The topological polar surface area (TPSA) is 49.3 Å². The number of nitrogens with zero attached hydrogens (tertiary/aromatic N) is 4. The zero-order chi connectivity index (χ0) is 17.5. The Balaban J connectivity index is 1.39. The maximum absolute atomic E-state index is 13.3. The van der Waals surface area contributed by atoms with E-state index in [0.29, 0.717) is 5.92 Å². The van der Waals surface area contributed by atoms with Crippen molar-refractivity contribution in [2.24, 2.45) is 5.92 Å². The van der Waals surface area contributed by atoms with Gasteiger partial charge in [-0.3, -0.25) is 4.79 Å². The minimum Gasteiger partial charge on any atom is -0.338 e. The summed E-state index contributed by atoms with van der Waals surface area (Å²) in [5.41, 5.74) is 3.65. The third-order valence-electron chi connectivity index (χ3n) is 6.15. The average molecular weight is 348 g/mol. The van der Waals surface area contributed by atoms with Crippen molar-refractivity contribution in [3.05, 3.63) is 53.3 Å². The molecule has 2 bridgehead atoms. The third-order valence-corrected chi connectivity index (χ3v) is 6.15. The number of aromatic nitrogens is 2. The van der Waals surface area contributed by atoms with Gasteiger partial charge in [0.05, 0.1) is 0 Å². The molecule has 4 heterocycles. The molecule has 6 rings (SSSR count). The van der Waals surface area contributed by atoms with Gasteiger partial charge in [-0.1, -0.05) is 6.07 Å². The van der Waals surface area contributed by atoms with E-state index >= 15 is 0 Å². The molecule has 5 heteroatoms. The predicted octanol–water partition coefficient (Wildman–Crippen LogP) is 2.71. The van der Waals surface area contributed by atoms with Gasteiger partial charge in [0, 0.05) is 43.6 Å². The summed E-state index contributed by atoms with van der Waals surface area (Å²) in [6, 6.07) is 8.43. The second-order valence-electron chi connectivity index (χ2n) is 7.85. The fourth-order valence-corrected chi connectivity index (χ4v) is 4.82. The first kappa shape index (κ1) is 15.8. The molecular weight excluding hydrogens is 324 g/mol. The molecule has 3 aliphatic heterocycles. The maximum atomic E-state index is 13.3. The summed E-state index contributed by atoms with van der Waals surface area (Å²) < 4.78 is 0. The Morgan fingerprint density at radius 3 is 2.73 bits per heavy atom. The lowest BCUT2D eigenvalue weighted by Gasteiger charge is -2.36. The first-order chi connectivity index (χ1) is 12.8. The molecule has 1 aromatic heterocycles. The van der Waals surface area contributed by atoms with Crippen molar-refractivity contribution in [2.75, 3.05) is 24.5 Å². The minimum atomic E-state index is 0.199.